The fourth-order valence-electron chi connectivity index (χ4n) is 4.96. The predicted octanol–water partition coefficient (Wildman–Crippen LogP) is 5.46. The second-order valence-electron chi connectivity index (χ2n) is 9.48. The second kappa shape index (κ2) is 10.7. The number of piperazine rings is 1. The number of rotatable bonds is 7. The number of fused-ring (bicyclic) bond motifs is 1. The molecule has 2 aromatic heterocycles. The lowest BCUT2D eigenvalue weighted by Crippen LogP contribution is -2.46. The molecule has 0 N–H and O–H groups in total. The van der Waals surface area contributed by atoms with E-state index in [-0.39, 0.29) is 11.5 Å². The maximum atomic E-state index is 13.3. The summed E-state index contributed by atoms with van der Waals surface area (Å²) < 4.78 is 3.96. The van der Waals surface area contributed by atoms with Crippen LogP contribution >= 0.6 is 22.9 Å². The van der Waals surface area contributed by atoms with Crippen molar-refractivity contribution in [3.8, 4) is 5.69 Å². The first kappa shape index (κ1) is 25.3. The minimum atomic E-state index is -0.689. The monoisotopic (exact) mass is 558 g/mol. The van der Waals surface area contributed by atoms with Gasteiger partial charge in [-0.15, -0.1) is 0 Å². The molecule has 0 spiro atoms. The summed E-state index contributed by atoms with van der Waals surface area (Å²) in [6.07, 6.45) is 1.92. The number of halogens is 1. The second-order valence-corrected chi connectivity index (χ2v) is 10.9. The zero-order valence-electron chi connectivity index (χ0n) is 21.4. The van der Waals surface area contributed by atoms with Crippen LogP contribution in [-0.2, 0) is 0 Å². The van der Waals surface area contributed by atoms with E-state index in [1.807, 2.05) is 43.3 Å². The third-order valence-corrected chi connectivity index (χ3v) is 8.48. The first-order chi connectivity index (χ1) is 19.0. The van der Waals surface area contributed by atoms with Gasteiger partial charge in [0.15, 0.2) is 10.9 Å². The summed E-state index contributed by atoms with van der Waals surface area (Å²) in [4.78, 5) is 35.8. The van der Waals surface area contributed by atoms with E-state index in [1.165, 1.54) is 20.3 Å². The summed E-state index contributed by atoms with van der Waals surface area (Å²) in [6.45, 7) is 5.44. The molecule has 5 aromatic rings. The van der Waals surface area contributed by atoms with Gasteiger partial charge < -0.3 is 9.80 Å². The summed E-state index contributed by atoms with van der Waals surface area (Å²) in [5.74, 6) is -0.165. The number of hydrogen-bond donors (Lipinski definition) is 0. The van der Waals surface area contributed by atoms with E-state index >= 15 is 0 Å². The number of aromatic nitrogens is 4. The molecule has 198 valence electrons. The molecule has 1 aliphatic rings. The Morgan fingerprint density at radius 1 is 0.923 bits per heavy atom. The van der Waals surface area contributed by atoms with Crippen molar-refractivity contribution in [2.75, 3.05) is 36.0 Å². The van der Waals surface area contributed by atoms with Crippen molar-refractivity contribution in [2.24, 2.45) is 0 Å². The van der Waals surface area contributed by atoms with Crippen LogP contribution in [0.15, 0.2) is 83.9 Å². The fraction of sp³-hybridized carbons (Fsp3) is 0.241. The van der Waals surface area contributed by atoms with Crippen molar-refractivity contribution in [2.45, 2.75) is 19.4 Å². The van der Waals surface area contributed by atoms with Gasteiger partial charge >= 0.3 is 5.69 Å². The van der Waals surface area contributed by atoms with Gasteiger partial charge in [-0.1, -0.05) is 42.0 Å². The van der Waals surface area contributed by atoms with Crippen molar-refractivity contribution in [1.82, 2.24) is 19.3 Å². The summed E-state index contributed by atoms with van der Waals surface area (Å²) in [5, 5.41) is 5.92. The van der Waals surface area contributed by atoms with Crippen LogP contribution in [0.2, 0.25) is 5.02 Å². The maximum absolute atomic E-state index is 13.3. The van der Waals surface area contributed by atoms with E-state index in [0.29, 0.717) is 22.7 Å². The van der Waals surface area contributed by atoms with E-state index in [0.717, 1.165) is 42.5 Å². The van der Waals surface area contributed by atoms with Crippen LogP contribution in [-0.4, -0.2) is 51.3 Å². The van der Waals surface area contributed by atoms with Gasteiger partial charge in [-0.2, -0.15) is 5.10 Å². The minimum Gasteiger partial charge on any atom is -0.368 e. The molecular formula is C29H27ClN6O2S. The molecule has 1 atom stereocenters. The Kier molecular flexibility index (Phi) is 6.93. The summed E-state index contributed by atoms with van der Waals surface area (Å²) in [5.41, 5.74) is 3.01. The smallest absolute Gasteiger partial charge is 0.351 e. The average molecular weight is 559 g/mol. The lowest BCUT2D eigenvalue weighted by molar-refractivity contribution is 0.0911. The van der Waals surface area contributed by atoms with Crippen LogP contribution in [0.3, 0.4) is 0 Å². The van der Waals surface area contributed by atoms with Gasteiger partial charge in [0.25, 0.3) is 0 Å². The summed E-state index contributed by atoms with van der Waals surface area (Å²) >= 11 is 7.70. The molecule has 1 saturated heterocycles. The molecule has 6 rings (SSSR count). The van der Waals surface area contributed by atoms with E-state index in [1.54, 1.807) is 35.6 Å². The first-order valence-corrected chi connectivity index (χ1v) is 14.1. The Balaban J connectivity index is 1.14. The highest BCUT2D eigenvalue weighted by Crippen LogP contribution is 2.30. The van der Waals surface area contributed by atoms with Gasteiger partial charge in [0.2, 0.25) is 0 Å². The van der Waals surface area contributed by atoms with Gasteiger partial charge in [0.05, 0.1) is 15.9 Å². The Labute approximate surface area is 234 Å². The van der Waals surface area contributed by atoms with Crippen molar-refractivity contribution in [3.63, 3.8) is 0 Å². The van der Waals surface area contributed by atoms with Gasteiger partial charge in [-0.05, 0) is 67.1 Å². The van der Waals surface area contributed by atoms with E-state index in [9.17, 15) is 9.59 Å². The summed E-state index contributed by atoms with van der Waals surface area (Å²) in [6, 6.07) is 22.2. The Bertz CT molecular complexity index is 1630. The quantitative estimate of drug-likeness (QED) is 0.247. The Morgan fingerprint density at radius 2 is 1.59 bits per heavy atom. The lowest BCUT2D eigenvalue weighted by Gasteiger charge is -2.36. The molecule has 1 fully saturated rings. The molecule has 8 nitrogen and oxygen atoms in total. The third kappa shape index (κ3) is 4.95. The SMILES string of the molecule is CCC(C(=O)c1ccc(Cl)cc1)n1ncn(-c2ccc(N3CCN(c4nc5ccccc5s4)CC3)cc2)c1=O. The van der Waals surface area contributed by atoms with Gasteiger partial charge in [-0.3, -0.25) is 4.79 Å². The molecule has 0 radical (unpaired) electrons. The van der Waals surface area contributed by atoms with Crippen molar-refractivity contribution in [1.29, 1.82) is 0 Å². The number of hydrogen-bond acceptors (Lipinski definition) is 7. The highest BCUT2D eigenvalue weighted by molar-refractivity contribution is 7.22. The van der Waals surface area contributed by atoms with Gasteiger partial charge in [0, 0.05) is 42.5 Å². The molecule has 0 saturated carbocycles. The number of ketones is 1. The number of benzene rings is 3. The molecule has 1 unspecified atom stereocenters. The normalized spacial score (nSPS) is 14.6. The highest BCUT2D eigenvalue weighted by atomic mass is 35.5. The van der Waals surface area contributed by atoms with Crippen LogP contribution in [0.4, 0.5) is 10.8 Å². The zero-order valence-corrected chi connectivity index (χ0v) is 23.0. The van der Waals surface area contributed by atoms with Crippen LogP contribution in [0.1, 0.15) is 29.7 Å². The van der Waals surface area contributed by atoms with Gasteiger partial charge in [0.1, 0.15) is 12.4 Å². The molecule has 3 heterocycles. The molecule has 10 heteroatoms. The number of para-hydroxylation sites is 1. The topological polar surface area (TPSA) is 76.3 Å². The number of carbonyl (C=O) groups excluding carboxylic acids is 1. The average Bonchev–Trinajstić information content (AvgIpc) is 3.58. The van der Waals surface area contributed by atoms with Crippen molar-refractivity contribution in [3.05, 3.63) is 100 Å². The van der Waals surface area contributed by atoms with Crippen LogP contribution in [0.25, 0.3) is 15.9 Å². The zero-order chi connectivity index (χ0) is 26.9. The number of thiazole rings is 1. The molecule has 1 aliphatic heterocycles. The molecule has 39 heavy (non-hydrogen) atoms. The van der Waals surface area contributed by atoms with E-state index < -0.39 is 6.04 Å². The van der Waals surface area contributed by atoms with Crippen molar-refractivity contribution < 1.29 is 4.79 Å². The van der Waals surface area contributed by atoms with Crippen LogP contribution < -0.4 is 15.5 Å². The van der Waals surface area contributed by atoms with Crippen LogP contribution in [0, 0.1) is 0 Å². The molecule has 0 bridgehead atoms. The largest absolute Gasteiger partial charge is 0.368 e. The fourth-order valence-corrected chi connectivity index (χ4v) is 6.10. The predicted molar refractivity (Wildman–Crippen MR) is 157 cm³/mol. The Hall–Kier alpha value is -3.95. The maximum Gasteiger partial charge on any atom is 0.351 e. The standard InChI is InChI=1S/C29H27ClN6O2S/c1-2-25(27(37)20-7-9-21(30)10-8-20)36-29(38)35(19-31-36)23-13-11-22(12-14-23)33-15-17-34(18-16-33)28-32-24-5-3-4-6-26(24)39-28/h3-14,19,25H,2,15-18H2,1H3. The number of Topliss-reactive ketones (excluding diaryl/α,β-unsaturated/α-hetero) is 1. The van der Waals surface area contributed by atoms with Gasteiger partial charge in [-0.25, -0.2) is 19.0 Å². The first-order valence-electron chi connectivity index (χ1n) is 12.9. The third-order valence-electron chi connectivity index (χ3n) is 7.13. The molecule has 0 amide bonds. The number of carbonyl (C=O) groups is 1. The highest BCUT2D eigenvalue weighted by Gasteiger charge is 2.25. The molecule has 3 aromatic carbocycles. The molecule has 0 aliphatic carbocycles. The van der Waals surface area contributed by atoms with E-state index in [2.05, 4.69) is 27.0 Å². The lowest BCUT2D eigenvalue weighted by atomic mass is 10.0. The number of anilines is 2. The summed E-state index contributed by atoms with van der Waals surface area (Å²) in [7, 11) is 0. The minimum absolute atomic E-state index is 0.165. The van der Waals surface area contributed by atoms with Crippen LogP contribution in [0.5, 0.6) is 0 Å². The number of nitrogens with zero attached hydrogens (tertiary/aromatic N) is 6. The van der Waals surface area contributed by atoms with E-state index in [4.69, 9.17) is 16.6 Å². The Morgan fingerprint density at radius 3 is 2.28 bits per heavy atom. The van der Waals surface area contributed by atoms with Crippen molar-refractivity contribution >= 4 is 49.8 Å². The molecular weight excluding hydrogens is 532 g/mol.